The van der Waals surface area contributed by atoms with Gasteiger partial charge in [0.15, 0.2) is 0 Å². The third-order valence-corrected chi connectivity index (χ3v) is 1.49. The highest BCUT2D eigenvalue weighted by atomic mass is 15.3. The predicted octanol–water partition coefficient (Wildman–Crippen LogP) is 0.820. The van der Waals surface area contributed by atoms with Crippen LogP contribution in [0.5, 0.6) is 0 Å². The minimum absolute atomic E-state index is 0.367. The maximum Gasteiger partial charge on any atom is 0.0781 e. The molecule has 0 aliphatic heterocycles. The van der Waals surface area contributed by atoms with Crippen LogP contribution >= 0.6 is 0 Å². The summed E-state index contributed by atoms with van der Waals surface area (Å²) in [6.07, 6.45) is 2.39. The normalized spacial score (nSPS) is 15.3. The molecule has 0 saturated carbocycles. The van der Waals surface area contributed by atoms with Gasteiger partial charge in [-0.05, 0) is 19.8 Å². The number of nitrogens with zero attached hydrogens (tertiary/aromatic N) is 1. The van der Waals surface area contributed by atoms with Crippen molar-refractivity contribution in [3.63, 3.8) is 0 Å². The molecule has 2 heteroatoms. The number of hydrogen-bond donors (Lipinski definition) is 1. The van der Waals surface area contributed by atoms with Gasteiger partial charge >= 0.3 is 0 Å². The maximum atomic E-state index is 5.61. The zero-order chi connectivity index (χ0) is 8.20. The lowest BCUT2D eigenvalue weighted by Gasteiger charge is -2.23. The number of quaternary nitrogens is 1. The molecule has 2 N–H and O–H groups in total. The fourth-order valence-electron chi connectivity index (χ4n) is 0.888. The van der Waals surface area contributed by atoms with Crippen LogP contribution in [0.1, 0.15) is 19.8 Å². The molecule has 0 saturated heterocycles. The molecule has 0 fully saturated rings. The van der Waals surface area contributed by atoms with Crippen LogP contribution in [0.4, 0.5) is 0 Å². The van der Waals surface area contributed by atoms with Gasteiger partial charge < -0.3 is 10.2 Å². The minimum Gasteiger partial charge on any atom is -0.331 e. The van der Waals surface area contributed by atoms with E-state index in [1.807, 2.05) is 0 Å². The van der Waals surface area contributed by atoms with E-state index in [-0.39, 0.29) is 0 Å². The minimum atomic E-state index is 0.367. The summed E-state index contributed by atoms with van der Waals surface area (Å²) in [5, 5.41) is 0. The molecule has 0 aromatic rings. The van der Waals surface area contributed by atoms with Crippen LogP contribution in [0.15, 0.2) is 0 Å². The first-order valence-electron chi connectivity index (χ1n) is 3.98. The molecule has 62 valence electrons. The zero-order valence-corrected chi connectivity index (χ0v) is 7.72. The van der Waals surface area contributed by atoms with Crippen molar-refractivity contribution in [2.75, 3.05) is 27.7 Å². The Balaban J connectivity index is 3.21. The van der Waals surface area contributed by atoms with E-state index in [1.165, 1.54) is 13.0 Å². The molecule has 0 rings (SSSR count). The topological polar surface area (TPSA) is 26.0 Å². The highest BCUT2D eigenvalue weighted by Crippen LogP contribution is 1.98. The van der Waals surface area contributed by atoms with E-state index in [9.17, 15) is 0 Å². The van der Waals surface area contributed by atoms with Crippen molar-refractivity contribution in [1.82, 2.24) is 0 Å². The first-order valence-corrected chi connectivity index (χ1v) is 3.98. The van der Waals surface area contributed by atoms with Gasteiger partial charge in [-0.3, -0.25) is 0 Å². The Kier molecular flexibility index (Phi) is 3.91. The fraction of sp³-hybridized carbons (Fsp3) is 1.00. The molecule has 1 atom stereocenters. The molecule has 0 radical (unpaired) electrons. The zero-order valence-electron chi connectivity index (χ0n) is 7.72. The average molecular weight is 145 g/mol. The smallest absolute Gasteiger partial charge is 0.0781 e. The lowest BCUT2D eigenvalue weighted by Crippen LogP contribution is -2.35. The molecule has 0 spiro atoms. The Morgan fingerprint density at radius 3 is 2.10 bits per heavy atom. The summed E-state index contributed by atoms with van der Waals surface area (Å²) in [5.74, 6) is 0. The maximum absolute atomic E-state index is 5.61. The van der Waals surface area contributed by atoms with Crippen molar-refractivity contribution in [3.05, 3.63) is 0 Å². The van der Waals surface area contributed by atoms with Gasteiger partial charge in [-0.1, -0.05) is 0 Å². The lowest BCUT2D eigenvalue weighted by molar-refractivity contribution is -0.870. The highest BCUT2D eigenvalue weighted by molar-refractivity contribution is 4.51. The lowest BCUT2D eigenvalue weighted by atomic mass is 10.2. The Bertz CT molecular complexity index is 81.7. The van der Waals surface area contributed by atoms with E-state index in [4.69, 9.17) is 5.73 Å². The third-order valence-electron chi connectivity index (χ3n) is 1.49. The molecule has 2 nitrogen and oxygen atoms in total. The summed E-state index contributed by atoms with van der Waals surface area (Å²) >= 11 is 0. The number of rotatable bonds is 4. The van der Waals surface area contributed by atoms with Gasteiger partial charge in [0.05, 0.1) is 27.7 Å². The summed E-state index contributed by atoms with van der Waals surface area (Å²) < 4.78 is 1.05. The standard InChI is InChI=1S/C8H21N2/c1-8(9)6-5-7-10(2,3)4/h8H,5-7,9H2,1-4H3/q+1/t8-/m1/s1. The van der Waals surface area contributed by atoms with Crippen LogP contribution in [0.25, 0.3) is 0 Å². The molecular formula is C8H21N2+. The fourth-order valence-corrected chi connectivity index (χ4v) is 0.888. The van der Waals surface area contributed by atoms with Crippen molar-refractivity contribution < 1.29 is 4.48 Å². The van der Waals surface area contributed by atoms with E-state index >= 15 is 0 Å². The van der Waals surface area contributed by atoms with Crippen LogP contribution in [0.2, 0.25) is 0 Å². The van der Waals surface area contributed by atoms with E-state index in [1.54, 1.807) is 0 Å². The quantitative estimate of drug-likeness (QED) is 0.582. The molecular weight excluding hydrogens is 124 g/mol. The van der Waals surface area contributed by atoms with Crippen LogP contribution < -0.4 is 5.73 Å². The van der Waals surface area contributed by atoms with E-state index in [0.29, 0.717) is 6.04 Å². The SMILES string of the molecule is C[C@@H](N)CCC[N+](C)(C)C. The molecule has 0 aromatic carbocycles. The summed E-state index contributed by atoms with van der Waals surface area (Å²) in [7, 11) is 6.63. The van der Waals surface area contributed by atoms with Gasteiger partial charge in [0.1, 0.15) is 0 Å². The van der Waals surface area contributed by atoms with Crippen LogP contribution in [0, 0.1) is 0 Å². The van der Waals surface area contributed by atoms with Gasteiger partial charge in [-0.25, -0.2) is 0 Å². The second kappa shape index (κ2) is 3.94. The second-order valence-electron chi connectivity index (χ2n) is 4.13. The Morgan fingerprint density at radius 2 is 1.80 bits per heavy atom. The second-order valence-corrected chi connectivity index (χ2v) is 4.13. The van der Waals surface area contributed by atoms with Gasteiger partial charge in [-0.2, -0.15) is 0 Å². The summed E-state index contributed by atoms with van der Waals surface area (Å²) in [4.78, 5) is 0. The molecule has 10 heavy (non-hydrogen) atoms. The molecule has 0 bridgehead atoms. The van der Waals surface area contributed by atoms with Crippen molar-refractivity contribution in [1.29, 1.82) is 0 Å². The predicted molar refractivity (Wildman–Crippen MR) is 45.8 cm³/mol. The van der Waals surface area contributed by atoms with Crippen molar-refractivity contribution in [2.45, 2.75) is 25.8 Å². The van der Waals surface area contributed by atoms with E-state index < -0.39 is 0 Å². The van der Waals surface area contributed by atoms with Crippen LogP contribution in [0.3, 0.4) is 0 Å². The van der Waals surface area contributed by atoms with Gasteiger partial charge in [-0.15, -0.1) is 0 Å². The highest BCUT2D eigenvalue weighted by Gasteiger charge is 2.05. The van der Waals surface area contributed by atoms with E-state index in [0.717, 1.165) is 10.9 Å². The largest absolute Gasteiger partial charge is 0.331 e. The van der Waals surface area contributed by atoms with Crippen molar-refractivity contribution in [2.24, 2.45) is 5.73 Å². The number of hydrogen-bond acceptors (Lipinski definition) is 1. The summed E-state index contributed by atoms with van der Waals surface area (Å²) in [6.45, 7) is 3.29. The monoisotopic (exact) mass is 145 g/mol. The Hall–Kier alpha value is -0.0800. The molecule has 0 aromatic heterocycles. The first kappa shape index (κ1) is 9.92. The molecule has 0 amide bonds. The van der Waals surface area contributed by atoms with Gasteiger partial charge in [0.25, 0.3) is 0 Å². The summed E-state index contributed by atoms with van der Waals surface area (Å²) in [6, 6.07) is 0.367. The van der Waals surface area contributed by atoms with Gasteiger partial charge in [0.2, 0.25) is 0 Å². The van der Waals surface area contributed by atoms with E-state index in [2.05, 4.69) is 28.1 Å². The van der Waals surface area contributed by atoms with Crippen LogP contribution in [-0.4, -0.2) is 38.2 Å². The molecule has 0 aliphatic carbocycles. The average Bonchev–Trinajstić information content (AvgIpc) is 1.59. The van der Waals surface area contributed by atoms with Crippen molar-refractivity contribution >= 4 is 0 Å². The molecule has 0 aliphatic rings. The van der Waals surface area contributed by atoms with Crippen LogP contribution in [-0.2, 0) is 0 Å². The number of nitrogens with two attached hydrogens (primary N) is 1. The van der Waals surface area contributed by atoms with Gasteiger partial charge in [0, 0.05) is 6.04 Å². The first-order chi connectivity index (χ1) is 4.42. The summed E-state index contributed by atoms with van der Waals surface area (Å²) in [5.41, 5.74) is 5.61. The third kappa shape index (κ3) is 7.92. The molecule has 0 heterocycles. The Labute approximate surface area is 64.6 Å². The molecule has 0 unspecified atom stereocenters. The Morgan fingerprint density at radius 1 is 1.30 bits per heavy atom. The van der Waals surface area contributed by atoms with Crippen molar-refractivity contribution in [3.8, 4) is 0 Å².